The maximum Gasteiger partial charge on any atom is -0.147 e. The van der Waals surface area contributed by atoms with Gasteiger partial charge in [0.25, 0.3) is 0 Å². The molecular weight excluding hydrogens is 352 g/mol. The van der Waals surface area contributed by atoms with Crippen LogP contribution < -0.4 is 9.31 Å². The van der Waals surface area contributed by atoms with Gasteiger partial charge in [-0.05, 0) is 0 Å². The molecule has 0 aromatic heterocycles. The molecule has 0 bridgehead atoms. The van der Waals surface area contributed by atoms with Crippen molar-refractivity contribution in [1.29, 1.82) is 0 Å². The quantitative estimate of drug-likeness (QED) is 0.773. The van der Waals surface area contributed by atoms with E-state index in [2.05, 4.69) is 52.0 Å². The molecule has 0 aliphatic carbocycles. The van der Waals surface area contributed by atoms with E-state index in [0.29, 0.717) is 6.10 Å². The molecule has 0 amide bonds. The van der Waals surface area contributed by atoms with Gasteiger partial charge in [-0.15, -0.1) is 12.4 Å². The monoisotopic (exact) mass is 378 g/mol. The van der Waals surface area contributed by atoms with Crippen molar-refractivity contribution in [2.24, 2.45) is 5.73 Å². The van der Waals surface area contributed by atoms with E-state index in [1.54, 1.807) is 0 Å². The minimum Gasteiger partial charge on any atom is -0.147 e. The summed E-state index contributed by atoms with van der Waals surface area (Å²) in [5, 5.41) is 0. The van der Waals surface area contributed by atoms with E-state index in [1.165, 1.54) is 13.6 Å². The van der Waals surface area contributed by atoms with Crippen LogP contribution in [-0.2, 0) is 3.07 Å². The van der Waals surface area contributed by atoms with Crippen LogP contribution in [0.2, 0.25) is 4.44 Å². The SMILES string of the molecule is CCC(C)[O][Sn]([CH2]C)[c]1ccccc1C(C)N.Cl. The predicted molar refractivity (Wildman–Crippen MR) is 83.0 cm³/mol. The molecule has 0 fully saturated rings. The van der Waals surface area contributed by atoms with Gasteiger partial charge in [0.2, 0.25) is 0 Å². The first kappa shape index (κ1) is 18.2. The third kappa shape index (κ3) is 5.08. The maximum atomic E-state index is 6.27. The van der Waals surface area contributed by atoms with Crippen molar-refractivity contribution in [3.05, 3.63) is 29.8 Å². The molecule has 0 aliphatic heterocycles. The topological polar surface area (TPSA) is 35.2 Å². The van der Waals surface area contributed by atoms with E-state index >= 15 is 0 Å². The first-order valence-electron chi connectivity index (χ1n) is 6.47. The predicted octanol–water partition coefficient (Wildman–Crippen LogP) is 3.16. The van der Waals surface area contributed by atoms with Crippen molar-refractivity contribution in [3.63, 3.8) is 0 Å². The molecule has 0 saturated heterocycles. The van der Waals surface area contributed by atoms with Gasteiger partial charge >= 0.3 is 113 Å². The van der Waals surface area contributed by atoms with Crippen LogP contribution in [0.5, 0.6) is 0 Å². The van der Waals surface area contributed by atoms with Gasteiger partial charge in [-0.1, -0.05) is 0 Å². The van der Waals surface area contributed by atoms with Crippen molar-refractivity contribution in [3.8, 4) is 0 Å². The molecule has 2 N–H and O–H groups in total. The molecule has 1 radical (unpaired) electrons. The van der Waals surface area contributed by atoms with Crippen molar-refractivity contribution in [2.45, 2.75) is 50.7 Å². The molecule has 18 heavy (non-hydrogen) atoms. The van der Waals surface area contributed by atoms with Crippen LogP contribution in [0.25, 0.3) is 0 Å². The Labute approximate surface area is 125 Å². The van der Waals surface area contributed by atoms with E-state index in [1.807, 2.05) is 0 Å². The molecule has 0 spiro atoms. The van der Waals surface area contributed by atoms with Crippen LogP contribution in [0, 0.1) is 0 Å². The van der Waals surface area contributed by atoms with Crippen molar-refractivity contribution in [2.75, 3.05) is 0 Å². The average Bonchev–Trinajstić information content (AvgIpc) is 2.35. The van der Waals surface area contributed by atoms with E-state index in [4.69, 9.17) is 8.81 Å². The number of hydrogen-bond acceptors (Lipinski definition) is 2. The smallest absolute Gasteiger partial charge is 0.147 e. The summed E-state index contributed by atoms with van der Waals surface area (Å²) >= 11 is -1.94. The largest absolute Gasteiger partial charge is 0.147 e. The minimum absolute atomic E-state index is 0. The zero-order valence-electron chi connectivity index (χ0n) is 11.8. The number of halogens is 1. The second-order valence-electron chi connectivity index (χ2n) is 4.49. The summed E-state index contributed by atoms with van der Waals surface area (Å²) in [6, 6.07) is 8.66. The molecule has 2 atom stereocenters. The number of hydrogen-bond donors (Lipinski definition) is 1. The second kappa shape index (κ2) is 9.18. The molecule has 0 saturated carbocycles. The first-order chi connectivity index (χ1) is 8.10. The molecule has 2 unspecified atom stereocenters. The molecule has 2 nitrogen and oxygen atoms in total. The summed E-state index contributed by atoms with van der Waals surface area (Å²) in [5.74, 6) is 0. The first-order valence-corrected chi connectivity index (χ1v) is 11.1. The fraction of sp³-hybridized carbons (Fsp3) is 0.571. The van der Waals surface area contributed by atoms with Crippen LogP contribution in [0.3, 0.4) is 0 Å². The zero-order chi connectivity index (χ0) is 12.8. The van der Waals surface area contributed by atoms with Crippen LogP contribution in [-0.4, -0.2) is 26.3 Å². The molecule has 0 aliphatic rings. The third-order valence-electron chi connectivity index (χ3n) is 2.99. The Morgan fingerprint density at radius 2 is 1.83 bits per heavy atom. The molecule has 1 rings (SSSR count). The molecule has 1 aromatic carbocycles. The third-order valence-corrected chi connectivity index (χ3v) is 9.80. The zero-order valence-corrected chi connectivity index (χ0v) is 15.4. The van der Waals surface area contributed by atoms with Crippen LogP contribution in [0.1, 0.15) is 45.7 Å². The van der Waals surface area contributed by atoms with Crippen molar-refractivity contribution < 1.29 is 3.07 Å². The Morgan fingerprint density at radius 1 is 1.22 bits per heavy atom. The Bertz CT molecular complexity index is 346. The van der Waals surface area contributed by atoms with Gasteiger partial charge in [-0.2, -0.15) is 0 Å². The minimum atomic E-state index is -1.94. The fourth-order valence-corrected chi connectivity index (χ4v) is 8.21. The van der Waals surface area contributed by atoms with Gasteiger partial charge in [0, 0.05) is 0 Å². The maximum absolute atomic E-state index is 6.27. The van der Waals surface area contributed by atoms with Gasteiger partial charge in [0.05, 0.1) is 0 Å². The molecular formula is C14H25ClNOSn. The van der Waals surface area contributed by atoms with E-state index in [-0.39, 0.29) is 18.4 Å². The van der Waals surface area contributed by atoms with Gasteiger partial charge < -0.3 is 0 Å². The summed E-state index contributed by atoms with van der Waals surface area (Å²) in [5.41, 5.74) is 7.33. The van der Waals surface area contributed by atoms with Gasteiger partial charge in [-0.25, -0.2) is 0 Å². The van der Waals surface area contributed by atoms with Gasteiger partial charge in [0.1, 0.15) is 0 Å². The average molecular weight is 378 g/mol. The Kier molecular flexibility index (Phi) is 9.30. The number of benzene rings is 1. The number of nitrogens with two attached hydrogens (primary N) is 1. The summed E-state index contributed by atoms with van der Waals surface area (Å²) in [6.45, 7) is 8.65. The van der Waals surface area contributed by atoms with Crippen LogP contribution in [0.4, 0.5) is 0 Å². The van der Waals surface area contributed by atoms with Crippen molar-refractivity contribution >= 4 is 36.2 Å². The standard InChI is InChI=1S/C8H10N.C4H9O.C2H5.ClH.Sn/c1-7(9)8-5-3-2-4-6-8;1-3-4(2)5;1-2;;/h2-5,7H,9H2,1H3;4H,3H2,1-2H3;1H2,2H3;1H;/q;-1;;;+1. The number of rotatable bonds is 6. The molecule has 0 heterocycles. The van der Waals surface area contributed by atoms with E-state index < -0.39 is 20.2 Å². The Balaban J connectivity index is 0.00000289. The van der Waals surface area contributed by atoms with Gasteiger partial charge in [0.15, 0.2) is 0 Å². The summed E-state index contributed by atoms with van der Waals surface area (Å²) in [4.78, 5) is 0. The fourth-order valence-electron chi connectivity index (χ4n) is 1.81. The van der Waals surface area contributed by atoms with Crippen molar-refractivity contribution in [1.82, 2.24) is 0 Å². The van der Waals surface area contributed by atoms with Gasteiger partial charge in [-0.3, -0.25) is 0 Å². The molecule has 4 heteroatoms. The molecule has 1 aromatic rings. The molecule has 103 valence electrons. The Morgan fingerprint density at radius 3 is 2.33 bits per heavy atom. The summed E-state index contributed by atoms with van der Waals surface area (Å²) < 4.78 is 8.88. The van der Waals surface area contributed by atoms with Crippen LogP contribution in [0.15, 0.2) is 24.3 Å². The second-order valence-corrected chi connectivity index (χ2v) is 11.1. The van der Waals surface area contributed by atoms with E-state index in [0.717, 1.165) is 6.42 Å². The van der Waals surface area contributed by atoms with E-state index in [9.17, 15) is 0 Å². The summed E-state index contributed by atoms with van der Waals surface area (Å²) in [7, 11) is 0. The Hall–Kier alpha value is 0.229. The normalized spacial score (nSPS) is 14.1. The summed E-state index contributed by atoms with van der Waals surface area (Å²) in [6.07, 6.45) is 1.47. The van der Waals surface area contributed by atoms with Crippen LogP contribution >= 0.6 is 12.4 Å².